The van der Waals surface area contributed by atoms with Crippen LogP contribution in [0, 0.1) is 15.9 Å². The van der Waals surface area contributed by atoms with E-state index in [-0.39, 0.29) is 12.1 Å². The number of halogens is 1. The molecule has 0 fully saturated rings. The van der Waals surface area contributed by atoms with Crippen molar-refractivity contribution in [3.63, 3.8) is 0 Å². The zero-order valence-electron chi connectivity index (χ0n) is 11.4. The number of aromatic nitrogens is 3. The van der Waals surface area contributed by atoms with Gasteiger partial charge in [-0.2, -0.15) is 9.78 Å². The highest BCUT2D eigenvalue weighted by Crippen LogP contribution is 2.03. The minimum atomic E-state index is -0.709. The molecule has 22 heavy (non-hydrogen) atoms. The molecular weight excluding hydrogens is 295 g/mol. The molecule has 0 spiro atoms. The Labute approximate surface area is 123 Å². The van der Waals surface area contributed by atoms with Crippen molar-refractivity contribution in [2.45, 2.75) is 13.5 Å². The smallest absolute Gasteiger partial charge is 0.390 e. The predicted octanol–water partition coefficient (Wildman–Crippen LogP) is 1.13. The van der Waals surface area contributed by atoms with Crippen molar-refractivity contribution in [1.82, 2.24) is 20.2 Å². The predicted molar refractivity (Wildman–Crippen MR) is 73.7 cm³/mol. The minimum Gasteiger partial charge on any atom is -0.390 e. The lowest BCUT2D eigenvalue weighted by Crippen LogP contribution is -2.20. The van der Waals surface area contributed by atoms with Gasteiger partial charge in [-0.1, -0.05) is 4.98 Å². The molecule has 0 radical (unpaired) electrons. The highest BCUT2D eigenvalue weighted by atomic mass is 19.1. The Bertz CT molecular complexity index is 725. The average Bonchev–Trinajstić information content (AvgIpc) is 2.94. The molecule has 9 nitrogen and oxygen atoms in total. The summed E-state index contributed by atoms with van der Waals surface area (Å²) in [6.45, 7) is 1.74. The number of carbonyl (C=O) groups is 1. The highest BCUT2D eigenvalue weighted by molar-refractivity contribution is 5.95. The molecule has 0 saturated carbocycles. The van der Waals surface area contributed by atoms with Crippen molar-refractivity contribution >= 4 is 17.6 Å². The molecule has 0 aliphatic rings. The molecule has 0 bridgehead atoms. The van der Waals surface area contributed by atoms with E-state index in [4.69, 9.17) is 0 Å². The summed E-state index contributed by atoms with van der Waals surface area (Å²) in [6.07, 6.45) is 1.19. The van der Waals surface area contributed by atoms with Crippen LogP contribution in [0.5, 0.6) is 0 Å². The number of hydrogen-bond acceptors (Lipinski definition) is 6. The highest BCUT2D eigenvalue weighted by Gasteiger charge is 2.13. The molecule has 0 atom stereocenters. The van der Waals surface area contributed by atoms with E-state index < -0.39 is 22.6 Å². The number of carbonyl (C=O) groups excluding carboxylic acids is 1. The van der Waals surface area contributed by atoms with Gasteiger partial charge in [0, 0.05) is 10.7 Å². The van der Waals surface area contributed by atoms with Crippen molar-refractivity contribution < 1.29 is 14.1 Å². The fraction of sp³-hybridized carbons (Fsp3) is 0.167. The molecule has 1 N–H and O–H groups in total. The first kappa shape index (κ1) is 15.2. The van der Waals surface area contributed by atoms with Crippen LogP contribution in [0.1, 0.15) is 17.3 Å². The molecule has 0 unspecified atom stereocenters. The molecule has 1 aromatic carbocycles. The first-order valence-electron chi connectivity index (χ1n) is 6.08. The van der Waals surface area contributed by atoms with Crippen LogP contribution < -0.4 is 5.43 Å². The summed E-state index contributed by atoms with van der Waals surface area (Å²) in [4.78, 5) is 25.0. The molecule has 0 aliphatic carbocycles. The van der Waals surface area contributed by atoms with Gasteiger partial charge < -0.3 is 10.1 Å². The number of rotatable bonds is 5. The SMILES string of the molecule is C/C(Cn1cnc([N+](=O)[O-])n1)=N\NC(=O)c1ccc(F)cc1. The van der Waals surface area contributed by atoms with Crippen molar-refractivity contribution in [3.05, 3.63) is 52.1 Å². The zero-order valence-corrected chi connectivity index (χ0v) is 11.4. The van der Waals surface area contributed by atoms with Gasteiger partial charge in [0.2, 0.25) is 6.33 Å². The second kappa shape index (κ2) is 6.52. The van der Waals surface area contributed by atoms with E-state index in [1.54, 1.807) is 6.92 Å². The van der Waals surface area contributed by atoms with E-state index in [0.29, 0.717) is 5.71 Å². The number of amides is 1. The minimum absolute atomic E-state index is 0.130. The van der Waals surface area contributed by atoms with Gasteiger partial charge in [-0.15, -0.1) is 0 Å². The lowest BCUT2D eigenvalue weighted by atomic mass is 10.2. The van der Waals surface area contributed by atoms with Gasteiger partial charge in [0.25, 0.3) is 5.91 Å². The van der Waals surface area contributed by atoms with Crippen molar-refractivity contribution in [3.8, 4) is 0 Å². The molecule has 0 saturated heterocycles. The summed E-state index contributed by atoms with van der Waals surface area (Å²) in [7, 11) is 0. The number of nitrogens with one attached hydrogen (secondary N) is 1. The van der Waals surface area contributed by atoms with Gasteiger partial charge in [-0.05, 0) is 36.1 Å². The maximum absolute atomic E-state index is 12.7. The summed E-state index contributed by atoms with van der Waals surface area (Å²) in [5, 5.41) is 17.9. The normalized spacial score (nSPS) is 11.3. The number of nitrogens with zero attached hydrogens (tertiary/aromatic N) is 5. The van der Waals surface area contributed by atoms with Crippen LogP contribution in [-0.4, -0.2) is 31.3 Å². The van der Waals surface area contributed by atoms with Gasteiger partial charge in [0.05, 0.1) is 12.3 Å². The van der Waals surface area contributed by atoms with Crippen LogP contribution in [0.25, 0.3) is 0 Å². The Hall–Kier alpha value is -3.17. The van der Waals surface area contributed by atoms with Crippen LogP contribution in [0.3, 0.4) is 0 Å². The van der Waals surface area contributed by atoms with E-state index in [0.717, 1.165) is 0 Å². The Kier molecular flexibility index (Phi) is 4.51. The van der Waals surface area contributed by atoms with Crippen LogP contribution >= 0.6 is 0 Å². The summed E-state index contributed by atoms with van der Waals surface area (Å²) >= 11 is 0. The Balaban J connectivity index is 1.95. The zero-order chi connectivity index (χ0) is 16.1. The number of hydrazone groups is 1. The monoisotopic (exact) mass is 306 g/mol. The van der Waals surface area contributed by atoms with Crippen LogP contribution in [0.4, 0.5) is 10.3 Å². The second-order valence-electron chi connectivity index (χ2n) is 4.29. The molecule has 10 heteroatoms. The van der Waals surface area contributed by atoms with Crippen molar-refractivity contribution in [1.29, 1.82) is 0 Å². The third-order valence-corrected chi connectivity index (χ3v) is 2.53. The molecule has 114 valence electrons. The maximum atomic E-state index is 12.7. The van der Waals surface area contributed by atoms with Gasteiger partial charge in [-0.25, -0.2) is 9.82 Å². The largest absolute Gasteiger partial charge is 0.490 e. The fourth-order valence-corrected chi connectivity index (χ4v) is 1.53. The first-order valence-corrected chi connectivity index (χ1v) is 6.08. The first-order chi connectivity index (χ1) is 10.5. The third-order valence-electron chi connectivity index (χ3n) is 2.53. The number of benzene rings is 1. The Morgan fingerprint density at radius 3 is 2.73 bits per heavy atom. The van der Waals surface area contributed by atoms with Gasteiger partial charge >= 0.3 is 5.95 Å². The van der Waals surface area contributed by atoms with E-state index >= 15 is 0 Å². The quantitative estimate of drug-likeness (QED) is 0.505. The van der Waals surface area contributed by atoms with Crippen molar-refractivity contribution in [2.75, 3.05) is 0 Å². The summed E-state index contributed by atoms with van der Waals surface area (Å²) < 4.78 is 14.0. The van der Waals surface area contributed by atoms with Gasteiger partial charge in [-0.3, -0.25) is 4.79 Å². The maximum Gasteiger partial charge on any atom is 0.490 e. The summed E-state index contributed by atoms with van der Waals surface area (Å²) in [6, 6.07) is 4.99. The standard InChI is InChI=1S/C12H11FN6O3/c1-8(6-18-7-14-12(17-18)19(21)22)15-16-11(20)9-2-4-10(13)5-3-9/h2-5,7H,6H2,1H3,(H,16,20)/b15-8+. The lowest BCUT2D eigenvalue weighted by molar-refractivity contribution is -0.394. The van der Waals surface area contributed by atoms with Crippen LogP contribution in [-0.2, 0) is 6.54 Å². The number of hydrogen-bond donors (Lipinski definition) is 1. The van der Waals surface area contributed by atoms with E-state index in [1.807, 2.05) is 0 Å². The van der Waals surface area contributed by atoms with E-state index in [1.165, 1.54) is 35.3 Å². The van der Waals surface area contributed by atoms with Crippen LogP contribution in [0.2, 0.25) is 0 Å². The average molecular weight is 306 g/mol. The van der Waals surface area contributed by atoms with Gasteiger partial charge in [0.1, 0.15) is 5.82 Å². The molecule has 1 aromatic heterocycles. The summed E-state index contributed by atoms with van der Waals surface area (Å²) in [5.74, 6) is -1.45. The Morgan fingerprint density at radius 2 is 2.14 bits per heavy atom. The molecule has 1 heterocycles. The molecule has 0 aliphatic heterocycles. The Morgan fingerprint density at radius 1 is 1.45 bits per heavy atom. The molecule has 2 aromatic rings. The lowest BCUT2D eigenvalue weighted by Gasteiger charge is -2.01. The third kappa shape index (κ3) is 3.91. The van der Waals surface area contributed by atoms with Crippen molar-refractivity contribution in [2.24, 2.45) is 5.10 Å². The number of nitro groups is 1. The summed E-state index contributed by atoms with van der Waals surface area (Å²) in [5.41, 5.74) is 3.01. The molecular formula is C12H11FN6O3. The second-order valence-corrected chi connectivity index (χ2v) is 4.29. The van der Waals surface area contributed by atoms with E-state index in [9.17, 15) is 19.3 Å². The fourth-order valence-electron chi connectivity index (χ4n) is 1.53. The molecule has 2 rings (SSSR count). The van der Waals surface area contributed by atoms with Gasteiger partial charge in [0.15, 0.2) is 0 Å². The van der Waals surface area contributed by atoms with E-state index in [2.05, 4.69) is 20.6 Å². The van der Waals surface area contributed by atoms with Crippen LogP contribution in [0.15, 0.2) is 35.7 Å². The topological polar surface area (TPSA) is 115 Å². The molecule has 1 amide bonds.